The zero-order valence-electron chi connectivity index (χ0n) is 11.0. The van der Waals surface area contributed by atoms with E-state index in [1.807, 2.05) is 11.0 Å². The largest absolute Gasteiger partial charge is 0.353 e. The molecule has 0 aromatic carbocycles. The van der Waals surface area contributed by atoms with E-state index in [9.17, 15) is 4.79 Å². The summed E-state index contributed by atoms with van der Waals surface area (Å²) in [6.07, 6.45) is 3.76. The molecule has 1 aliphatic heterocycles. The molecule has 5 nitrogen and oxygen atoms in total. The van der Waals surface area contributed by atoms with Crippen LogP contribution in [0.15, 0.2) is 12.4 Å². The van der Waals surface area contributed by atoms with Gasteiger partial charge in [0.15, 0.2) is 0 Å². The Morgan fingerprint density at radius 1 is 1.39 bits per heavy atom. The van der Waals surface area contributed by atoms with Gasteiger partial charge in [-0.3, -0.25) is 4.79 Å². The van der Waals surface area contributed by atoms with E-state index in [4.69, 9.17) is 0 Å². The van der Waals surface area contributed by atoms with Gasteiger partial charge in [-0.15, -0.1) is 0 Å². The third kappa shape index (κ3) is 2.78. The Morgan fingerprint density at radius 2 is 2.17 bits per heavy atom. The number of aromatic nitrogens is 2. The van der Waals surface area contributed by atoms with Crippen LogP contribution < -0.4 is 10.2 Å². The Balaban J connectivity index is 2.18. The van der Waals surface area contributed by atoms with Crippen LogP contribution in [0.1, 0.15) is 38.3 Å². The number of carbonyl (C=O) groups is 1. The maximum atomic E-state index is 11.4. The highest BCUT2D eigenvalue weighted by Gasteiger charge is 2.18. The Hall–Kier alpha value is -1.65. The zero-order chi connectivity index (χ0) is 13.0. The van der Waals surface area contributed by atoms with Gasteiger partial charge in [-0.1, -0.05) is 13.8 Å². The summed E-state index contributed by atoms with van der Waals surface area (Å²) in [5.41, 5.74) is 1.08. The summed E-state index contributed by atoms with van der Waals surface area (Å²) in [7, 11) is 0. The number of amides is 1. The normalized spacial score (nSPS) is 15.9. The van der Waals surface area contributed by atoms with Gasteiger partial charge in [0, 0.05) is 30.8 Å². The maximum absolute atomic E-state index is 11.4. The fourth-order valence-corrected chi connectivity index (χ4v) is 2.30. The first-order valence-corrected chi connectivity index (χ1v) is 6.58. The average Bonchev–Trinajstić information content (AvgIpc) is 2.41. The molecule has 0 bridgehead atoms. The molecule has 1 saturated heterocycles. The second-order valence-corrected chi connectivity index (χ2v) is 4.59. The Kier molecular flexibility index (Phi) is 4.12. The lowest BCUT2D eigenvalue weighted by molar-refractivity contribution is -0.120. The summed E-state index contributed by atoms with van der Waals surface area (Å²) >= 11 is 0. The maximum Gasteiger partial charge on any atom is 0.239 e. The van der Waals surface area contributed by atoms with Crippen LogP contribution in [0.2, 0.25) is 0 Å². The summed E-state index contributed by atoms with van der Waals surface area (Å²) in [5, 5.41) is 2.82. The second-order valence-electron chi connectivity index (χ2n) is 4.59. The molecule has 0 atom stereocenters. The number of nitrogens with zero attached hydrogens (tertiary/aromatic N) is 3. The summed E-state index contributed by atoms with van der Waals surface area (Å²) in [5.74, 6) is 1.40. The van der Waals surface area contributed by atoms with Crippen molar-refractivity contribution in [3.8, 4) is 0 Å². The fourth-order valence-electron chi connectivity index (χ4n) is 2.30. The SMILES string of the molecule is CCC(CC)c1cc(N2CCNC(=O)C2)ncn1. The monoisotopic (exact) mass is 248 g/mol. The van der Waals surface area contributed by atoms with Crippen molar-refractivity contribution in [2.24, 2.45) is 0 Å². The van der Waals surface area contributed by atoms with Crippen molar-refractivity contribution in [1.29, 1.82) is 0 Å². The Morgan fingerprint density at radius 3 is 2.83 bits per heavy atom. The molecule has 1 N–H and O–H groups in total. The number of nitrogens with one attached hydrogen (secondary N) is 1. The van der Waals surface area contributed by atoms with E-state index in [0.717, 1.165) is 30.9 Å². The molecule has 1 aromatic heterocycles. The van der Waals surface area contributed by atoms with Crippen LogP contribution in [-0.4, -0.2) is 35.5 Å². The minimum Gasteiger partial charge on any atom is -0.353 e. The van der Waals surface area contributed by atoms with Crippen LogP contribution >= 0.6 is 0 Å². The molecule has 5 heteroatoms. The van der Waals surface area contributed by atoms with Crippen molar-refractivity contribution in [1.82, 2.24) is 15.3 Å². The molecule has 0 aliphatic carbocycles. The number of piperazine rings is 1. The van der Waals surface area contributed by atoms with E-state index in [-0.39, 0.29) is 5.91 Å². The number of carbonyl (C=O) groups excluding carboxylic acids is 1. The number of rotatable bonds is 4. The molecule has 1 aliphatic rings. The van der Waals surface area contributed by atoms with E-state index < -0.39 is 0 Å². The van der Waals surface area contributed by atoms with Gasteiger partial charge in [0.1, 0.15) is 12.1 Å². The second kappa shape index (κ2) is 5.80. The molecule has 2 heterocycles. The van der Waals surface area contributed by atoms with Gasteiger partial charge in [-0.25, -0.2) is 9.97 Å². The van der Waals surface area contributed by atoms with E-state index in [1.54, 1.807) is 6.33 Å². The highest BCUT2D eigenvalue weighted by Crippen LogP contribution is 2.23. The predicted molar refractivity (Wildman–Crippen MR) is 70.6 cm³/mol. The van der Waals surface area contributed by atoms with Crippen molar-refractivity contribution >= 4 is 11.7 Å². The fraction of sp³-hybridized carbons (Fsp3) is 0.615. The first-order chi connectivity index (χ1) is 8.74. The first-order valence-electron chi connectivity index (χ1n) is 6.58. The molecule has 98 valence electrons. The quantitative estimate of drug-likeness (QED) is 0.873. The molecule has 1 amide bonds. The number of hydrogen-bond donors (Lipinski definition) is 1. The van der Waals surface area contributed by atoms with Gasteiger partial charge in [0.25, 0.3) is 0 Å². The number of hydrogen-bond acceptors (Lipinski definition) is 4. The van der Waals surface area contributed by atoms with Crippen molar-refractivity contribution in [3.05, 3.63) is 18.1 Å². The van der Waals surface area contributed by atoms with E-state index in [1.165, 1.54) is 0 Å². The standard InChI is InChI=1S/C13H20N4O/c1-3-10(4-2)11-7-12(16-9-15-11)17-6-5-14-13(18)8-17/h7,9-10H,3-6,8H2,1-2H3,(H,14,18). The summed E-state index contributed by atoms with van der Waals surface area (Å²) in [4.78, 5) is 22.0. The van der Waals surface area contributed by atoms with E-state index >= 15 is 0 Å². The molecule has 0 spiro atoms. The first kappa shape index (κ1) is 12.8. The highest BCUT2D eigenvalue weighted by molar-refractivity contribution is 5.82. The van der Waals surface area contributed by atoms with Crippen molar-refractivity contribution in [2.75, 3.05) is 24.5 Å². The van der Waals surface area contributed by atoms with Crippen molar-refractivity contribution in [3.63, 3.8) is 0 Å². The molecular formula is C13H20N4O. The molecule has 2 rings (SSSR count). The van der Waals surface area contributed by atoms with Gasteiger partial charge in [-0.2, -0.15) is 0 Å². The lowest BCUT2D eigenvalue weighted by atomic mass is 9.99. The molecule has 1 aromatic rings. The van der Waals surface area contributed by atoms with Gasteiger partial charge < -0.3 is 10.2 Å². The van der Waals surface area contributed by atoms with E-state index in [0.29, 0.717) is 19.0 Å². The third-order valence-electron chi connectivity index (χ3n) is 3.44. The predicted octanol–water partition coefficient (Wildman–Crippen LogP) is 1.32. The van der Waals surface area contributed by atoms with Crippen LogP contribution in [0.4, 0.5) is 5.82 Å². The van der Waals surface area contributed by atoms with Gasteiger partial charge in [0.05, 0.1) is 6.54 Å². The molecule has 0 unspecified atom stereocenters. The zero-order valence-corrected chi connectivity index (χ0v) is 11.0. The van der Waals surface area contributed by atoms with Gasteiger partial charge in [-0.05, 0) is 12.8 Å². The van der Waals surface area contributed by atoms with Crippen LogP contribution in [0.25, 0.3) is 0 Å². The molecular weight excluding hydrogens is 228 g/mol. The van der Waals surface area contributed by atoms with Crippen LogP contribution in [0, 0.1) is 0 Å². The summed E-state index contributed by atoms with van der Waals surface area (Å²) in [6.45, 7) is 6.22. The lowest BCUT2D eigenvalue weighted by Crippen LogP contribution is -2.48. The van der Waals surface area contributed by atoms with Crippen LogP contribution in [0.5, 0.6) is 0 Å². The molecule has 0 saturated carbocycles. The molecule has 18 heavy (non-hydrogen) atoms. The molecule has 1 fully saturated rings. The summed E-state index contributed by atoms with van der Waals surface area (Å²) < 4.78 is 0. The van der Waals surface area contributed by atoms with Crippen molar-refractivity contribution < 1.29 is 4.79 Å². The van der Waals surface area contributed by atoms with Crippen LogP contribution in [0.3, 0.4) is 0 Å². The smallest absolute Gasteiger partial charge is 0.239 e. The summed E-state index contributed by atoms with van der Waals surface area (Å²) in [6, 6.07) is 2.02. The average molecular weight is 248 g/mol. The lowest BCUT2D eigenvalue weighted by Gasteiger charge is -2.28. The van der Waals surface area contributed by atoms with Gasteiger partial charge in [0.2, 0.25) is 5.91 Å². The highest BCUT2D eigenvalue weighted by atomic mass is 16.2. The molecule has 0 radical (unpaired) electrons. The van der Waals surface area contributed by atoms with E-state index in [2.05, 4.69) is 29.1 Å². The Bertz CT molecular complexity index is 417. The van der Waals surface area contributed by atoms with Crippen molar-refractivity contribution in [2.45, 2.75) is 32.6 Å². The van der Waals surface area contributed by atoms with Crippen LogP contribution in [-0.2, 0) is 4.79 Å². The Labute approximate surface area is 108 Å². The third-order valence-corrected chi connectivity index (χ3v) is 3.44. The minimum atomic E-state index is 0.0592. The number of anilines is 1. The minimum absolute atomic E-state index is 0.0592. The topological polar surface area (TPSA) is 58.1 Å². The van der Waals surface area contributed by atoms with Gasteiger partial charge >= 0.3 is 0 Å².